The number of nitrogens with zero attached hydrogens (tertiary/aromatic N) is 5. The van der Waals surface area contributed by atoms with Gasteiger partial charge >= 0.3 is 0 Å². The van der Waals surface area contributed by atoms with Gasteiger partial charge in [-0.15, -0.1) is 16.4 Å². The average molecular weight is 364 g/mol. The first-order valence-electron chi connectivity index (χ1n) is 8.51. The Morgan fingerprint density at radius 1 is 1.42 bits per heavy atom. The summed E-state index contributed by atoms with van der Waals surface area (Å²) in [5, 5.41) is 14.9. The van der Waals surface area contributed by atoms with Crippen LogP contribution in [-0.4, -0.2) is 42.8 Å². The maximum absolute atomic E-state index is 12.8. The molecular weight excluding hydrogens is 342 g/mol. The summed E-state index contributed by atoms with van der Waals surface area (Å²) in [7, 11) is 0. The molecule has 2 aromatic rings. The molecule has 2 aliphatic rings. The van der Waals surface area contributed by atoms with E-state index in [1.807, 2.05) is 16.5 Å². The van der Waals surface area contributed by atoms with Gasteiger partial charge in [-0.05, 0) is 53.6 Å². The van der Waals surface area contributed by atoms with Gasteiger partial charge in [-0.1, -0.05) is 24.6 Å². The zero-order valence-corrected chi connectivity index (χ0v) is 15.4. The smallest absolute Gasteiger partial charge is 0.236 e. The third kappa shape index (κ3) is 3.09. The van der Waals surface area contributed by atoms with Crippen LogP contribution in [-0.2, 0) is 17.8 Å². The van der Waals surface area contributed by atoms with Gasteiger partial charge in [0.05, 0.1) is 11.3 Å². The van der Waals surface area contributed by atoms with Crippen molar-refractivity contribution in [2.75, 3.05) is 6.54 Å². The van der Waals surface area contributed by atoms with Gasteiger partial charge in [0.15, 0.2) is 0 Å². The molecule has 6 nitrogen and oxygen atoms in total. The normalized spacial score (nSPS) is 19.5. The van der Waals surface area contributed by atoms with Gasteiger partial charge in [-0.25, -0.2) is 4.68 Å². The molecule has 0 radical (unpaired) electrons. The van der Waals surface area contributed by atoms with Crippen molar-refractivity contribution >= 4 is 29.0 Å². The highest BCUT2D eigenvalue weighted by atomic mass is 32.2. The largest absolute Gasteiger partial charge is 0.337 e. The van der Waals surface area contributed by atoms with E-state index < -0.39 is 0 Å². The summed E-state index contributed by atoms with van der Waals surface area (Å²) < 4.78 is 1.93. The monoisotopic (exact) mass is 363 g/mol. The van der Waals surface area contributed by atoms with Crippen molar-refractivity contribution in [3.8, 4) is 0 Å². The summed E-state index contributed by atoms with van der Waals surface area (Å²) in [6.45, 7) is 3.50. The summed E-state index contributed by atoms with van der Waals surface area (Å²) >= 11 is 3.28. The minimum atomic E-state index is -0.170. The van der Waals surface area contributed by atoms with E-state index in [1.165, 1.54) is 35.0 Å². The maximum Gasteiger partial charge on any atom is 0.236 e. The topological polar surface area (TPSA) is 63.9 Å². The number of rotatable bonds is 4. The average Bonchev–Trinajstić information content (AvgIpc) is 3.33. The van der Waals surface area contributed by atoms with Gasteiger partial charge in [0.2, 0.25) is 11.1 Å². The van der Waals surface area contributed by atoms with Crippen molar-refractivity contribution in [2.24, 2.45) is 0 Å². The third-order valence-electron chi connectivity index (χ3n) is 4.88. The van der Waals surface area contributed by atoms with Gasteiger partial charge in [-0.3, -0.25) is 4.79 Å². The Labute approximate surface area is 149 Å². The summed E-state index contributed by atoms with van der Waals surface area (Å²) in [4.78, 5) is 16.2. The summed E-state index contributed by atoms with van der Waals surface area (Å²) in [6, 6.07) is 2.53. The van der Waals surface area contributed by atoms with Crippen molar-refractivity contribution in [1.29, 1.82) is 0 Å². The highest BCUT2D eigenvalue weighted by Crippen LogP contribution is 2.33. The molecule has 3 heterocycles. The van der Waals surface area contributed by atoms with Gasteiger partial charge in [-0.2, -0.15) is 0 Å². The van der Waals surface area contributed by atoms with Crippen LogP contribution in [0.1, 0.15) is 49.1 Å². The summed E-state index contributed by atoms with van der Waals surface area (Å²) in [5.41, 5.74) is 1.30. The Balaban J connectivity index is 1.42. The third-order valence-corrected chi connectivity index (χ3v) is 6.94. The van der Waals surface area contributed by atoms with Crippen LogP contribution in [0, 0.1) is 0 Å². The molecule has 1 amide bonds. The van der Waals surface area contributed by atoms with Gasteiger partial charge in [0.1, 0.15) is 0 Å². The first kappa shape index (κ1) is 16.1. The SMILES string of the molecule is CC(Sc1nnnn1C1CCCC1)C(=O)N1CCc2sccc2C1. The van der Waals surface area contributed by atoms with Crippen molar-refractivity contribution in [1.82, 2.24) is 25.1 Å². The molecule has 0 saturated heterocycles. The molecule has 1 saturated carbocycles. The quantitative estimate of drug-likeness (QED) is 0.782. The van der Waals surface area contributed by atoms with Crippen molar-refractivity contribution in [2.45, 2.75) is 62.0 Å². The number of thioether (sulfide) groups is 1. The molecular formula is C16H21N5OS2. The van der Waals surface area contributed by atoms with Gasteiger partial charge in [0, 0.05) is 18.0 Å². The van der Waals surface area contributed by atoms with Gasteiger partial charge in [0.25, 0.3) is 0 Å². The van der Waals surface area contributed by atoms with Gasteiger partial charge < -0.3 is 4.90 Å². The number of tetrazole rings is 1. The molecule has 0 spiro atoms. The molecule has 1 aliphatic carbocycles. The minimum absolute atomic E-state index is 0.170. The van der Waals surface area contributed by atoms with E-state index in [1.54, 1.807) is 11.3 Å². The Kier molecular flexibility index (Phi) is 4.58. The fourth-order valence-electron chi connectivity index (χ4n) is 3.54. The molecule has 24 heavy (non-hydrogen) atoms. The van der Waals surface area contributed by atoms with Crippen LogP contribution in [0.25, 0.3) is 0 Å². The number of amides is 1. The lowest BCUT2D eigenvalue weighted by molar-refractivity contribution is -0.131. The van der Waals surface area contributed by atoms with Crippen LogP contribution in [0.4, 0.5) is 0 Å². The number of aromatic nitrogens is 4. The highest BCUT2D eigenvalue weighted by molar-refractivity contribution is 8.00. The first-order valence-corrected chi connectivity index (χ1v) is 10.3. The Morgan fingerprint density at radius 3 is 3.08 bits per heavy atom. The summed E-state index contributed by atoms with van der Waals surface area (Å²) in [6.07, 6.45) is 5.71. The molecule has 8 heteroatoms. The lowest BCUT2D eigenvalue weighted by Crippen LogP contribution is -2.39. The standard InChI is InChI=1S/C16H21N5OS2/c1-11(15(22)20-8-6-14-12(10-20)7-9-23-14)24-16-17-18-19-21(16)13-4-2-3-5-13/h7,9,11,13H,2-6,8,10H2,1H3. The lowest BCUT2D eigenvalue weighted by Gasteiger charge is -2.29. The van der Waals surface area contributed by atoms with Crippen LogP contribution in [0.15, 0.2) is 16.6 Å². The molecule has 128 valence electrons. The molecule has 1 fully saturated rings. The number of thiophene rings is 1. The minimum Gasteiger partial charge on any atom is -0.337 e. The van der Waals surface area contributed by atoms with Crippen molar-refractivity contribution in [3.05, 3.63) is 21.9 Å². The van der Waals surface area contributed by atoms with E-state index in [4.69, 9.17) is 0 Å². The zero-order valence-electron chi connectivity index (χ0n) is 13.7. The van der Waals surface area contributed by atoms with Crippen LogP contribution in [0.2, 0.25) is 0 Å². The predicted octanol–water partition coefficient (Wildman–Crippen LogP) is 2.92. The number of carbonyl (C=O) groups excluding carboxylic acids is 1. The second-order valence-electron chi connectivity index (χ2n) is 6.48. The predicted molar refractivity (Wildman–Crippen MR) is 94.1 cm³/mol. The molecule has 1 aliphatic heterocycles. The maximum atomic E-state index is 12.8. The fourth-order valence-corrected chi connectivity index (χ4v) is 5.38. The van der Waals surface area contributed by atoms with Crippen molar-refractivity contribution < 1.29 is 4.79 Å². The second kappa shape index (κ2) is 6.84. The van der Waals surface area contributed by atoms with E-state index in [0.717, 1.165) is 37.5 Å². The van der Waals surface area contributed by atoms with E-state index in [2.05, 4.69) is 27.0 Å². The van der Waals surface area contributed by atoms with Crippen LogP contribution in [0.3, 0.4) is 0 Å². The van der Waals surface area contributed by atoms with E-state index in [-0.39, 0.29) is 11.2 Å². The molecule has 1 unspecified atom stereocenters. The lowest BCUT2D eigenvalue weighted by atomic mass is 10.1. The van der Waals surface area contributed by atoms with E-state index in [0.29, 0.717) is 6.04 Å². The molecule has 0 aromatic carbocycles. The highest BCUT2D eigenvalue weighted by Gasteiger charge is 2.28. The first-order chi connectivity index (χ1) is 11.7. The van der Waals surface area contributed by atoms with E-state index >= 15 is 0 Å². The number of fused-ring (bicyclic) bond motifs is 1. The Hall–Kier alpha value is -1.41. The van der Waals surface area contributed by atoms with Crippen LogP contribution >= 0.6 is 23.1 Å². The van der Waals surface area contributed by atoms with Crippen molar-refractivity contribution in [3.63, 3.8) is 0 Å². The zero-order chi connectivity index (χ0) is 16.5. The Morgan fingerprint density at radius 2 is 2.25 bits per heavy atom. The van der Waals surface area contributed by atoms with Crippen LogP contribution < -0.4 is 0 Å². The molecule has 4 rings (SSSR count). The molecule has 0 N–H and O–H groups in total. The van der Waals surface area contributed by atoms with E-state index in [9.17, 15) is 4.79 Å². The number of hydrogen-bond donors (Lipinski definition) is 0. The second-order valence-corrected chi connectivity index (χ2v) is 8.79. The number of hydrogen-bond acceptors (Lipinski definition) is 6. The molecule has 1 atom stereocenters. The number of carbonyl (C=O) groups is 1. The molecule has 0 bridgehead atoms. The van der Waals surface area contributed by atoms with Crippen LogP contribution in [0.5, 0.6) is 0 Å². The Bertz CT molecular complexity index is 722. The fraction of sp³-hybridized carbons (Fsp3) is 0.625. The molecule has 2 aromatic heterocycles. The summed E-state index contributed by atoms with van der Waals surface area (Å²) in [5.74, 6) is 0.179.